The molecule has 1 N–H and O–H groups in total. The van der Waals surface area contributed by atoms with E-state index in [4.69, 9.17) is 4.52 Å². The molecule has 2 heterocycles. The Morgan fingerprint density at radius 3 is 2.34 bits per heavy atom. The molecule has 168 valence electrons. The Hall–Kier alpha value is -3.04. The smallest absolute Gasteiger partial charge is 0.255 e. The summed E-state index contributed by atoms with van der Waals surface area (Å²) in [5.41, 5.74) is 1.51. The number of nitrogens with one attached hydrogen (secondary N) is 1. The topological polar surface area (TPSA) is 105 Å². The van der Waals surface area contributed by atoms with Crippen LogP contribution in [0.15, 0.2) is 57.9 Å². The summed E-state index contributed by atoms with van der Waals surface area (Å²) >= 11 is 0. The van der Waals surface area contributed by atoms with Gasteiger partial charge in [-0.2, -0.15) is 9.29 Å². The van der Waals surface area contributed by atoms with Crippen LogP contribution in [0, 0.1) is 18.8 Å². The molecule has 0 spiro atoms. The number of carbonyl (C=O) groups is 1. The average Bonchev–Trinajstić information content (AvgIpc) is 3.19. The SMILES string of the molecule is Cc1nc(-c2ccccc2NC(=O)c2ccc(S(=O)(=O)N3CC(C)CC(C)C3)cc2)no1. The molecule has 0 radical (unpaired) electrons. The molecule has 32 heavy (non-hydrogen) atoms. The number of sulfonamides is 1. The second kappa shape index (κ2) is 8.84. The number of benzene rings is 2. The van der Waals surface area contributed by atoms with E-state index in [2.05, 4.69) is 29.3 Å². The number of piperidine rings is 1. The third kappa shape index (κ3) is 4.58. The lowest BCUT2D eigenvalue weighted by atomic mass is 9.94. The van der Waals surface area contributed by atoms with E-state index in [-0.39, 0.29) is 10.8 Å². The molecule has 3 aromatic rings. The minimum Gasteiger partial charge on any atom is -0.339 e. The van der Waals surface area contributed by atoms with Gasteiger partial charge < -0.3 is 9.84 Å². The standard InChI is InChI=1S/C23H26N4O4S/c1-15-12-16(2)14-27(13-15)32(29,30)19-10-8-18(9-11-19)23(28)25-21-7-5-4-6-20(21)22-24-17(3)31-26-22/h4-11,15-16H,12-14H2,1-3H3,(H,25,28). The number of hydrogen-bond acceptors (Lipinski definition) is 6. The fourth-order valence-electron chi connectivity index (χ4n) is 4.12. The first-order valence-electron chi connectivity index (χ1n) is 10.6. The van der Waals surface area contributed by atoms with E-state index in [0.717, 1.165) is 6.42 Å². The summed E-state index contributed by atoms with van der Waals surface area (Å²) in [7, 11) is -3.59. The summed E-state index contributed by atoms with van der Waals surface area (Å²) in [4.78, 5) is 17.2. The highest BCUT2D eigenvalue weighted by atomic mass is 32.2. The number of nitrogens with zero attached hydrogens (tertiary/aromatic N) is 3. The van der Waals surface area contributed by atoms with Crippen molar-refractivity contribution in [3.05, 3.63) is 60.0 Å². The Morgan fingerprint density at radius 2 is 1.72 bits per heavy atom. The van der Waals surface area contributed by atoms with E-state index >= 15 is 0 Å². The van der Waals surface area contributed by atoms with Gasteiger partial charge >= 0.3 is 0 Å². The lowest BCUT2D eigenvalue weighted by Crippen LogP contribution is -2.42. The molecule has 4 rings (SSSR count). The van der Waals surface area contributed by atoms with Gasteiger partial charge in [-0.15, -0.1) is 0 Å². The van der Waals surface area contributed by atoms with Gasteiger partial charge in [-0.1, -0.05) is 31.1 Å². The van der Waals surface area contributed by atoms with Crippen molar-refractivity contribution in [2.45, 2.75) is 32.1 Å². The molecule has 1 fully saturated rings. The molecular formula is C23H26N4O4S. The van der Waals surface area contributed by atoms with Crippen molar-refractivity contribution in [3.8, 4) is 11.4 Å². The normalized spacial score (nSPS) is 19.6. The third-order valence-corrected chi connectivity index (χ3v) is 7.38. The third-order valence-electron chi connectivity index (χ3n) is 5.53. The Morgan fingerprint density at radius 1 is 1.06 bits per heavy atom. The average molecular weight is 455 g/mol. The summed E-state index contributed by atoms with van der Waals surface area (Å²) in [6.07, 6.45) is 1.02. The van der Waals surface area contributed by atoms with Gasteiger partial charge in [0.2, 0.25) is 21.7 Å². The van der Waals surface area contributed by atoms with Crippen molar-refractivity contribution >= 4 is 21.6 Å². The van der Waals surface area contributed by atoms with Gasteiger partial charge in [0, 0.05) is 31.1 Å². The van der Waals surface area contributed by atoms with E-state index in [9.17, 15) is 13.2 Å². The summed E-state index contributed by atoms with van der Waals surface area (Å²) in [6, 6.07) is 13.2. The number of rotatable bonds is 5. The summed E-state index contributed by atoms with van der Waals surface area (Å²) in [6.45, 7) is 6.86. The van der Waals surface area contributed by atoms with Crippen molar-refractivity contribution in [2.75, 3.05) is 18.4 Å². The van der Waals surface area contributed by atoms with Crippen molar-refractivity contribution in [2.24, 2.45) is 11.8 Å². The maximum absolute atomic E-state index is 13.1. The molecule has 0 aliphatic carbocycles. The molecule has 2 atom stereocenters. The van der Waals surface area contributed by atoms with Crippen molar-refractivity contribution in [1.82, 2.24) is 14.4 Å². The number of carbonyl (C=O) groups excluding carboxylic acids is 1. The molecule has 1 aliphatic rings. The summed E-state index contributed by atoms with van der Waals surface area (Å²) in [5.74, 6) is 1.09. The van der Waals surface area contributed by atoms with E-state index < -0.39 is 10.0 Å². The number of amides is 1. The van der Waals surface area contributed by atoms with Crippen LogP contribution in [0.25, 0.3) is 11.4 Å². The zero-order chi connectivity index (χ0) is 22.9. The molecule has 1 aromatic heterocycles. The van der Waals surface area contributed by atoms with Crippen molar-refractivity contribution < 1.29 is 17.7 Å². The fourth-order valence-corrected chi connectivity index (χ4v) is 5.80. The number of hydrogen-bond donors (Lipinski definition) is 1. The number of para-hydroxylation sites is 1. The Labute approximate surface area is 187 Å². The second-order valence-corrected chi connectivity index (χ2v) is 10.4. The molecular weight excluding hydrogens is 428 g/mol. The van der Waals surface area contributed by atoms with Gasteiger partial charge in [0.05, 0.1) is 10.6 Å². The molecule has 0 saturated carbocycles. The van der Waals surface area contributed by atoms with Crippen LogP contribution in [0.2, 0.25) is 0 Å². The zero-order valence-corrected chi connectivity index (χ0v) is 19.1. The molecule has 9 heteroatoms. The van der Waals surface area contributed by atoms with Crippen LogP contribution in [0.5, 0.6) is 0 Å². The maximum Gasteiger partial charge on any atom is 0.255 e. The Bertz CT molecular complexity index is 1210. The van der Waals surface area contributed by atoms with Crippen LogP contribution < -0.4 is 5.32 Å². The summed E-state index contributed by atoms with van der Waals surface area (Å²) in [5, 5.41) is 6.76. The second-order valence-electron chi connectivity index (χ2n) is 8.43. The predicted molar refractivity (Wildman–Crippen MR) is 121 cm³/mol. The van der Waals surface area contributed by atoms with Gasteiger partial charge in [0.25, 0.3) is 5.91 Å². The quantitative estimate of drug-likeness (QED) is 0.625. The zero-order valence-electron chi connectivity index (χ0n) is 18.3. The van der Waals surface area contributed by atoms with Crippen LogP contribution in [0.3, 0.4) is 0 Å². The van der Waals surface area contributed by atoms with Crippen LogP contribution in [-0.2, 0) is 10.0 Å². The van der Waals surface area contributed by atoms with Crippen LogP contribution in [-0.4, -0.2) is 41.9 Å². The minimum atomic E-state index is -3.59. The predicted octanol–water partition coefficient (Wildman–Crippen LogP) is 3.96. The summed E-state index contributed by atoms with van der Waals surface area (Å²) < 4.78 is 32.7. The minimum absolute atomic E-state index is 0.193. The maximum atomic E-state index is 13.1. The van der Waals surface area contributed by atoms with Gasteiger partial charge in [0.15, 0.2) is 0 Å². The van der Waals surface area contributed by atoms with Gasteiger partial charge in [0.1, 0.15) is 0 Å². The first kappa shape index (κ1) is 22.2. The Kier molecular flexibility index (Phi) is 6.12. The highest BCUT2D eigenvalue weighted by molar-refractivity contribution is 7.89. The fraction of sp³-hybridized carbons (Fsp3) is 0.348. The molecule has 1 saturated heterocycles. The lowest BCUT2D eigenvalue weighted by Gasteiger charge is -2.34. The molecule has 8 nitrogen and oxygen atoms in total. The van der Waals surface area contributed by atoms with Crippen LogP contribution in [0.1, 0.15) is 36.5 Å². The van der Waals surface area contributed by atoms with E-state index in [1.165, 1.54) is 24.3 Å². The monoisotopic (exact) mass is 454 g/mol. The van der Waals surface area contributed by atoms with Gasteiger partial charge in [-0.3, -0.25) is 4.79 Å². The first-order valence-corrected chi connectivity index (χ1v) is 12.0. The van der Waals surface area contributed by atoms with Crippen LogP contribution in [0.4, 0.5) is 5.69 Å². The van der Waals surface area contributed by atoms with E-state index in [1.54, 1.807) is 29.4 Å². The molecule has 0 bridgehead atoms. The molecule has 1 aliphatic heterocycles. The van der Waals surface area contributed by atoms with Crippen molar-refractivity contribution in [1.29, 1.82) is 0 Å². The van der Waals surface area contributed by atoms with Crippen molar-refractivity contribution in [3.63, 3.8) is 0 Å². The van der Waals surface area contributed by atoms with E-state index in [1.807, 2.05) is 6.07 Å². The van der Waals surface area contributed by atoms with E-state index in [0.29, 0.717) is 53.5 Å². The lowest BCUT2D eigenvalue weighted by molar-refractivity contribution is 0.102. The van der Waals surface area contributed by atoms with Crippen LogP contribution >= 0.6 is 0 Å². The molecule has 2 aromatic carbocycles. The molecule has 1 amide bonds. The number of aromatic nitrogens is 2. The molecule has 2 unspecified atom stereocenters. The number of aryl methyl sites for hydroxylation is 1. The Balaban J connectivity index is 1.52. The highest BCUT2D eigenvalue weighted by Gasteiger charge is 2.31. The van der Waals surface area contributed by atoms with Gasteiger partial charge in [-0.25, -0.2) is 8.42 Å². The highest BCUT2D eigenvalue weighted by Crippen LogP contribution is 2.28. The largest absolute Gasteiger partial charge is 0.339 e. The number of anilines is 1. The van der Waals surface area contributed by atoms with Gasteiger partial charge in [-0.05, 0) is 54.7 Å². The first-order chi connectivity index (χ1) is 15.2.